The van der Waals surface area contributed by atoms with E-state index in [1.807, 2.05) is 6.07 Å². The molecule has 0 unspecified atom stereocenters. The number of para-hydroxylation sites is 1. The number of urea groups is 1. The minimum Gasteiger partial charge on any atom is -0.494 e. The van der Waals surface area contributed by atoms with E-state index >= 15 is 0 Å². The Balaban J connectivity index is 1.63. The van der Waals surface area contributed by atoms with Gasteiger partial charge in [-0.3, -0.25) is 14.8 Å². The monoisotopic (exact) mass is 491 g/mol. The smallest absolute Gasteiger partial charge is 0.323 e. The third-order valence-corrected chi connectivity index (χ3v) is 5.12. The predicted octanol–water partition coefficient (Wildman–Crippen LogP) is 2.64. The molecule has 4 rings (SSSR count). The van der Waals surface area contributed by atoms with Crippen molar-refractivity contribution < 1.29 is 18.7 Å². The number of nitrogens with one attached hydrogen (secondary N) is 3. The van der Waals surface area contributed by atoms with Crippen LogP contribution >= 0.6 is 0 Å². The van der Waals surface area contributed by atoms with E-state index in [0.717, 1.165) is 0 Å². The summed E-state index contributed by atoms with van der Waals surface area (Å²) in [7, 11) is 6.40. The molecule has 13 heteroatoms. The molecule has 0 spiro atoms. The molecule has 3 N–H and O–H groups in total. The number of anilines is 3. The summed E-state index contributed by atoms with van der Waals surface area (Å²) in [5.74, 6) is 1.25. The molecule has 3 heterocycles. The maximum absolute atomic E-state index is 12.7. The zero-order valence-corrected chi connectivity index (χ0v) is 20.1. The number of aryl methyl sites for hydroxylation is 1. The van der Waals surface area contributed by atoms with Gasteiger partial charge in [0.15, 0.2) is 23.1 Å². The number of furan rings is 1. The summed E-state index contributed by atoms with van der Waals surface area (Å²) < 4.78 is 12.5. The summed E-state index contributed by atoms with van der Waals surface area (Å²) in [5, 5.41) is 20.7. The number of ether oxygens (including phenoxy) is 1. The molecule has 4 aromatic rings. The molecule has 3 amide bonds. The van der Waals surface area contributed by atoms with Crippen LogP contribution in [0.4, 0.5) is 22.0 Å². The van der Waals surface area contributed by atoms with Crippen molar-refractivity contribution in [3.63, 3.8) is 0 Å². The first-order valence-electron chi connectivity index (χ1n) is 10.8. The Morgan fingerprint density at radius 3 is 2.67 bits per heavy atom. The number of methoxy groups -OCH3 is 1. The Morgan fingerprint density at radius 2 is 2.00 bits per heavy atom. The lowest BCUT2D eigenvalue weighted by molar-refractivity contribution is 0.0958. The number of carbonyl (C=O) groups is 2. The number of rotatable bonds is 8. The second kappa shape index (κ2) is 10.5. The summed E-state index contributed by atoms with van der Waals surface area (Å²) in [6.07, 6.45) is 3.12. The highest BCUT2D eigenvalue weighted by molar-refractivity contribution is 5.99. The van der Waals surface area contributed by atoms with Crippen molar-refractivity contribution in [1.29, 1.82) is 0 Å². The van der Waals surface area contributed by atoms with Crippen LogP contribution in [0.5, 0.6) is 5.75 Å². The third-order valence-electron chi connectivity index (χ3n) is 5.12. The molecule has 0 saturated carbocycles. The number of nitrogens with zero attached hydrogens (tertiary/aromatic N) is 6. The number of hydrogen-bond donors (Lipinski definition) is 3. The van der Waals surface area contributed by atoms with Gasteiger partial charge in [-0.25, -0.2) is 9.78 Å². The number of aromatic nitrogens is 5. The van der Waals surface area contributed by atoms with Crippen molar-refractivity contribution in [2.75, 3.05) is 31.8 Å². The quantitative estimate of drug-likeness (QED) is 0.338. The fourth-order valence-electron chi connectivity index (χ4n) is 3.39. The first-order chi connectivity index (χ1) is 17.4. The van der Waals surface area contributed by atoms with Crippen molar-refractivity contribution in [1.82, 2.24) is 35.2 Å². The lowest BCUT2D eigenvalue weighted by atomic mass is 10.1. The summed E-state index contributed by atoms with van der Waals surface area (Å²) in [6, 6.07) is 10.00. The van der Waals surface area contributed by atoms with Crippen LogP contribution in [-0.4, -0.2) is 63.0 Å². The van der Waals surface area contributed by atoms with Crippen molar-refractivity contribution in [3.8, 4) is 17.1 Å². The summed E-state index contributed by atoms with van der Waals surface area (Å²) >= 11 is 0. The summed E-state index contributed by atoms with van der Waals surface area (Å²) in [5.41, 5.74) is 1.52. The summed E-state index contributed by atoms with van der Waals surface area (Å²) in [4.78, 5) is 30.8. The molecule has 0 bridgehead atoms. The molecule has 0 radical (unpaired) electrons. The van der Waals surface area contributed by atoms with Gasteiger partial charge in [-0.1, -0.05) is 6.07 Å². The van der Waals surface area contributed by atoms with E-state index in [2.05, 4.69) is 36.2 Å². The van der Waals surface area contributed by atoms with Gasteiger partial charge in [0.05, 0.1) is 36.9 Å². The standard InChI is InChI=1S/C23H25N9O4/c1-24-22(33)19-17(11-18(28-29-19)27-23(34)31(2)12-14-7-6-10-36-14)26-16-9-5-8-15(20(16)35-4)21-25-13-32(3)30-21/h5-11,13H,12H2,1-4H3,(H,24,33)(H2,26,27,28,34). The largest absolute Gasteiger partial charge is 0.494 e. The van der Waals surface area contributed by atoms with Crippen LogP contribution in [0.25, 0.3) is 11.4 Å². The molecular formula is C23H25N9O4. The normalized spacial score (nSPS) is 10.6. The van der Waals surface area contributed by atoms with Crippen LogP contribution in [0.1, 0.15) is 16.2 Å². The molecule has 0 aliphatic rings. The van der Waals surface area contributed by atoms with Gasteiger partial charge in [0.2, 0.25) is 0 Å². The molecule has 0 atom stereocenters. The van der Waals surface area contributed by atoms with Gasteiger partial charge in [-0.05, 0) is 24.3 Å². The molecule has 0 saturated heterocycles. The van der Waals surface area contributed by atoms with Gasteiger partial charge in [0, 0.05) is 27.2 Å². The van der Waals surface area contributed by atoms with Gasteiger partial charge in [-0.2, -0.15) is 5.10 Å². The van der Waals surface area contributed by atoms with E-state index in [9.17, 15) is 9.59 Å². The highest BCUT2D eigenvalue weighted by atomic mass is 16.5. The van der Waals surface area contributed by atoms with Gasteiger partial charge < -0.3 is 24.7 Å². The SMILES string of the molecule is CNC(=O)c1nnc(NC(=O)N(C)Cc2ccco2)cc1Nc1cccc(-c2ncn(C)n2)c1OC. The fourth-order valence-corrected chi connectivity index (χ4v) is 3.39. The van der Waals surface area contributed by atoms with Crippen LogP contribution in [0.3, 0.4) is 0 Å². The Hall–Kier alpha value is -4.94. The molecule has 0 aliphatic heterocycles. The van der Waals surface area contributed by atoms with Crippen LogP contribution in [-0.2, 0) is 13.6 Å². The highest BCUT2D eigenvalue weighted by Gasteiger charge is 2.20. The fraction of sp³-hybridized carbons (Fsp3) is 0.217. The second-order valence-electron chi connectivity index (χ2n) is 7.69. The second-order valence-corrected chi connectivity index (χ2v) is 7.69. The van der Waals surface area contributed by atoms with Crippen LogP contribution in [0, 0.1) is 0 Å². The Bertz CT molecular complexity index is 1370. The third kappa shape index (κ3) is 5.24. The van der Waals surface area contributed by atoms with Crippen molar-refractivity contribution in [2.45, 2.75) is 6.54 Å². The van der Waals surface area contributed by atoms with Gasteiger partial charge in [-0.15, -0.1) is 10.2 Å². The van der Waals surface area contributed by atoms with Gasteiger partial charge in [0.25, 0.3) is 5.91 Å². The number of amides is 3. The Labute approximate surface area is 206 Å². The number of hydrogen-bond acceptors (Lipinski definition) is 9. The minimum absolute atomic E-state index is 0.0304. The van der Waals surface area contributed by atoms with E-state index in [-0.39, 0.29) is 18.1 Å². The average molecular weight is 492 g/mol. The molecule has 3 aromatic heterocycles. The van der Waals surface area contributed by atoms with Crippen molar-refractivity contribution in [2.24, 2.45) is 7.05 Å². The van der Waals surface area contributed by atoms with Gasteiger partial charge in [0.1, 0.15) is 12.1 Å². The van der Waals surface area contributed by atoms with Crippen molar-refractivity contribution in [3.05, 3.63) is 60.4 Å². The lowest BCUT2D eigenvalue weighted by Crippen LogP contribution is -2.31. The maximum Gasteiger partial charge on any atom is 0.323 e. The van der Waals surface area contributed by atoms with Gasteiger partial charge >= 0.3 is 6.03 Å². The molecule has 36 heavy (non-hydrogen) atoms. The van der Waals surface area contributed by atoms with Crippen LogP contribution < -0.4 is 20.7 Å². The molecule has 13 nitrogen and oxygen atoms in total. The van der Waals surface area contributed by atoms with E-state index in [0.29, 0.717) is 34.3 Å². The van der Waals surface area contributed by atoms with E-state index in [4.69, 9.17) is 9.15 Å². The average Bonchev–Trinajstić information content (AvgIpc) is 3.55. The maximum atomic E-state index is 12.7. The van der Waals surface area contributed by atoms with E-state index in [1.165, 1.54) is 31.4 Å². The molecular weight excluding hydrogens is 466 g/mol. The number of carbonyl (C=O) groups excluding carboxylic acids is 2. The highest BCUT2D eigenvalue weighted by Crippen LogP contribution is 2.37. The first-order valence-corrected chi connectivity index (χ1v) is 10.8. The Morgan fingerprint density at radius 1 is 1.17 bits per heavy atom. The topological polar surface area (TPSA) is 152 Å². The van der Waals surface area contributed by atoms with E-state index < -0.39 is 11.9 Å². The molecule has 1 aromatic carbocycles. The summed E-state index contributed by atoms with van der Waals surface area (Å²) in [6.45, 7) is 0.263. The van der Waals surface area contributed by atoms with Crippen LogP contribution in [0.2, 0.25) is 0 Å². The number of benzene rings is 1. The van der Waals surface area contributed by atoms with E-state index in [1.54, 1.807) is 49.4 Å². The zero-order chi connectivity index (χ0) is 25.7. The molecule has 186 valence electrons. The molecule has 0 fully saturated rings. The lowest BCUT2D eigenvalue weighted by Gasteiger charge is -2.18. The molecule has 0 aliphatic carbocycles. The zero-order valence-electron chi connectivity index (χ0n) is 20.1. The van der Waals surface area contributed by atoms with Crippen LogP contribution in [0.15, 0.2) is 53.4 Å². The minimum atomic E-state index is -0.459. The Kier molecular flexibility index (Phi) is 7.09. The van der Waals surface area contributed by atoms with Crippen molar-refractivity contribution >= 4 is 29.1 Å². The first kappa shape index (κ1) is 24.2. The predicted molar refractivity (Wildman–Crippen MR) is 131 cm³/mol.